The number of hydrogen-bond donors (Lipinski definition) is 3. The second-order valence-corrected chi connectivity index (χ2v) is 12.6. The number of carbonyl (C=O) groups excluding carboxylic acids is 2. The number of pyridine rings is 2. The molecular formula is C33H35ClF2N6O4. The Morgan fingerprint density at radius 3 is 2.57 bits per heavy atom. The summed E-state index contributed by atoms with van der Waals surface area (Å²) in [6, 6.07) is 7.54. The molecule has 3 aliphatic rings. The average Bonchev–Trinajstić information content (AvgIpc) is 3.86. The topological polar surface area (TPSA) is 144 Å². The summed E-state index contributed by atoms with van der Waals surface area (Å²) >= 11 is 5.92. The number of methoxy groups -OCH3 is 1. The molecule has 0 radical (unpaired) electrons. The first-order valence-corrected chi connectivity index (χ1v) is 15.7. The van der Waals surface area contributed by atoms with Crippen LogP contribution in [0.25, 0.3) is 11.1 Å². The number of nitrogens with zero attached hydrogens (tertiary/aromatic N) is 3. The lowest BCUT2D eigenvalue weighted by Gasteiger charge is -2.33. The summed E-state index contributed by atoms with van der Waals surface area (Å²) in [5.41, 5.74) is 7.96. The summed E-state index contributed by atoms with van der Waals surface area (Å²) < 4.78 is 40.4. The zero-order valence-corrected chi connectivity index (χ0v) is 26.1. The number of rotatable bonds is 11. The minimum Gasteiger partial charge on any atom is -0.423 e. The van der Waals surface area contributed by atoms with Crippen molar-refractivity contribution < 1.29 is 27.8 Å². The van der Waals surface area contributed by atoms with Crippen molar-refractivity contribution in [3.05, 3.63) is 64.1 Å². The lowest BCUT2D eigenvalue weighted by molar-refractivity contribution is -0.193. The van der Waals surface area contributed by atoms with Crippen molar-refractivity contribution in [1.82, 2.24) is 9.97 Å². The molecule has 2 fully saturated rings. The van der Waals surface area contributed by atoms with Crippen LogP contribution < -0.4 is 20.7 Å². The van der Waals surface area contributed by atoms with Gasteiger partial charge in [-0.05, 0) is 86.6 Å². The van der Waals surface area contributed by atoms with Gasteiger partial charge in [0.25, 0.3) is 5.91 Å². The third-order valence-corrected chi connectivity index (χ3v) is 9.17. The molecular weight excluding hydrogens is 618 g/mol. The molecule has 3 aromatic rings. The van der Waals surface area contributed by atoms with E-state index in [1.54, 1.807) is 25.3 Å². The number of anilines is 2. The molecule has 2 aliphatic carbocycles. The number of hydrogen-bond acceptors (Lipinski definition) is 8. The van der Waals surface area contributed by atoms with Crippen molar-refractivity contribution in [2.45, 2.75) is 63.7 Å². The van der Waals surface area contributed by atoms with Gasteiger partial charge in [-0.3, -0.25) is 19.5 Å². The van der Waals surface area contributed by atoms with E-state index in [1.165, 1.54) is 18.3 Å². The highest BCUT2D eigenvalue weighted by Crippen LogP contribution is 2.45. The van der Waals surface area contributed by atoms with Crippen molar-refractivity contribution >= 4 is 41.1 Å². The van der Waals surface area contributed by atoms with Crippen LogP contribution in [0.3, 0.4) is 0 Å². The van der Waals surface area contributed by atoms with Gasteiger partial charge >= 0.3 is 12.0 Å². The summed E-state index contributed by atoms with van der Waals surface area (Å²) in [4.78, 5) is 35.7. The van der Waals surface area contributed by atoms with Gasteiger partial charge in [0, 0.05) is 37.2 Å². The first-order valence-electron chi connectivity index (χ1n) is 15.3. The Balaban J connectivity index is 1.41. The van der Waals surface area contributed by atoms with Crippen molar-refractivity contribution in [2.24, 2.45) is 17.6 Å². The average molecular weight is 653 g/mol. The fourth-order valence-corrected chi connectivity index (χ4v) is 6.40. The third kappa shape index (κ3) is 6.54. The Morgan fingerprint density at radius 1 is 1.20 bits per heavy atom. The Kier molecular flexibility index (Phi) is 8.93. The van der Waals surface area contributed by atoms with E-state index in [0.717, 1.165) is 49.6 Å². The number of halogens is 3. The summed E-state index contributed by atoms with van der Waals surface area (Å²) in [7, 11) is 1.73. The molecule has 0 bridgehead atoms. The van der Waals surface area contributed by atoms with Gasteiger partial charge in [0.2, 0.25) is 0 Å². The number of carbonyl (C=O) groups is 2. The second kappa shape index (κ2) is 12.9. The minimum atomic E-state index is -4.15. The molecule has 1 aliphatic heterocycles. The number of nitrogens with two attached hydrogens (primary N) is 1. The number of amides is 2. The molecule has 46 heavy (non-hydrogen) atoms. The molecule has 0 saturated heterocycles. The molecule has 2 aromatic heterocycles. The first-order chi connectivity index (χ1) is 22.1. The van der Waals surface area contributed by atoms with E-state index in [4.69, 9.17) is 37.2 Å². The van der Waals surface area contributed by atoms with Gasteiger partial charge < -0.3 is 25.9 Å². The number of aromatic nitrogens is 2. The largest absolute Gasteiger partial charge is 0.482 e. The molecule has 0 spiro atoms. The standard InChI is InChI=1S/C33H35ClF2N6O4/c1-45-23-9-4-19(5-10-23)15-40-31-24(14-37)28(29(30(38)43)25(41-31)12-18-2-3-18)20-6-11-26-27(13-20)46-33(35,36)32(44)42(26)17-22-8-7-21(34)16-39-22/h6-8,11,13-14,16,18-19,23,37H,2-5,9-10,12,15,17H2,1H3,(H2,38,43)(H,40,41). The Bertz CT molecular complexity index is 1660. The zero-order chi connectivity index (χ0) is 32.6. The van der Waals surface area contributed by atoms with Crippen molar-refractivity contribution in [1.29, 1.82) is 5.41 Å². The number of nitrogens with one attached hydrogen (secondary N) is 2. The summed E-state index contributed by atoms with van der Waals surface area (Å²) in [5, 5.41) is 12.2. The number of benzene rings is 1. The third-order valence-electron chi connectivity index (χ3n) is 8.95. The highest BCUT2D eigenvalue weighted by molar-refractivity contribution is 6.30. The number of primary amides is 1. The molecule has 4 N–H and O–H groups in total. The Labute approximate surface area is 270 Å². The predicted molar refractivity (Wildman–Crippen MR) is 170 cm³/mol. The monoisotopic (exact) mass is 652 g/mol. The Hall–Kier alpha value is -4.16. The molecule has 1 aromatic carbocycles. The Morgan fingerprint density at radius 2 is 1.93 bits per heavy atom. The van der Waals surface area contributed by atoms with E-state index in [2.05, 4.69) is 10.3 Å². The highest BCUT2D eigenvalue weighted by atomic mass is 35.5. The molecule has 2 amide bonds. The van der Waals surface area contributed by atoms with Gasteiger partial charge in [-0.15, -0.1) is 0 Å². The van der Waals surface area contributed by atoms with E-state index in [1.807, 2.05) is 0 Å². The normalized spacial score (nSPS) is 20.5. The van der Waals surface area contributed by atoms with Gasteiger partial charge in [0.15, 0.2) is 5.75 Å². The van der Waals surface area contributed by atoms with Gasteiger partial charge in [0.1, 0.15) is 5.82 Å². The van der Waals surface area contributed by atoms with Crippen LogP contribution in [0.5, 0.6) is 5.75 Å². The van der Waals surface area contributed by atoms with E-state index >= 15 is 0 Å². The van der Waals surface area contributed by atoms with E-state index in [9.17, 15) is 18.4 Å². The summed E-state index contributed by atoms with van der Waals surface area (Å²) in [5.74, 6) is -1.39. The van der Waals surface area contributed by atoms with Crippen LogP contribution in [0.15, 0.2) is 36.5 Å². The van der Waals surface area contributed by atoms with Crippen LogP contribution >= 0.6 is 11.6 Å². The number of alkyl halides is 2. The van der Waals surface area contributed by atoms with Crippen LogP contribution in [-0.2, 0) is 22.5 Å². The second-order valence-electron chi connectivity index (χ2n) is 12.1. The molecule has 0 atom stereocenters. The van der Waals surface area contributed by atoms with Crippen LogP contribution in [-0.4, -0.2) is 53.9 Å². The van der Waals surface area contributed by atoms with Crippen molar-refractivity contribution in [2.75, 3.05) is 23.9 Å². The molecule has 13 heteroatoms. The first kappa shape index (κ1) is 31.8. The van der Waals surface area contributed by atoms with Gasteiger partial charge in [0.05, 0.1) is 40.3 Å². The smallest absolute Gasteiger partial charge is 0.423 e. The fraction of sp³-hybridized carbons (Fsp3) is 0.424. The van der Waals surface area contributed by atoms with Crippen molar-refractivity contribution in [3.8, 4) is 16.9 Å². The van der Waals surface area contributed by atoms with E-state index in [-0.39, 0.29) is 29.6 Å². The number of fused-ring (bicyclic) bond motifs is 1. The summed E-state index contributed by atoms with van der Waals surface area (Å²) in [6.45, 7) is 0.360. The quantitative estimate of drug-likeness (QED) is 0.216. The van der Waals surface area contributed by atoms with E-state index in [0.29, 0.717) is 63.7 Å². The zero-order valence-electron chi connectivity index (χ0n) is 25.3. The number of ether oxygens (including phenoxy) is 2. The highest BCUT2D eigenvalue weighted by Gasteiger charge is 2.50. The van der Waals surface area contributed by atoms with Crippen LogP contribution in [0.2, 0.25) is 5.02 Å². The SMILES string of the molecule is COC1CCC(CNc2nc(CC3CC3)c(C(N)=O)c(-c3ccc4c(c3)OC(F)(F)C(=O)N4Cc3ccc(Cl)cn3)c2C=N)CC1. The van der Waals surface area contributed by atoms with Crippen LogP contribution in [0.1, 0.15) is 65.8 Å². The lowest BCUT2D eigenvalue weighted by atomic mass is 9.87. The maximum atomic E-state index is 15.0. The van der Waals surface area contributed by atoms with Crippen LogP contribution in [0.4, 0.5) is 20.3 Å². The fourth-order valence-electron chi connectivity index (χ4n) is 6.29. The predicted octanol–water partition coefficient (Wildman–Crippen LogP) is 5.98. The molecule has 10 nitrogen and oxygen atoms in total. The van der Waals surface area contributed by atoms with Crippen molar-refractivity contribution in [3.63, 3.8) is 0 Å². The molecule has 242 valence electrons. The van der Waals surface area contributed by atoms with E-state index < -0.39 is 17.9 Å². The maximum absolute atomic E-state index is 15.0. The maximum Gasteiger partial charge on any atom is 0.482 e. The molecule has 6 rings (SSSR count). The van der Waals surface area contributed by atoms with Gasteiger partial charge in [-0.25, -0.2) is 4.98 Å². The molecule has 3 heterocycles. The minimum absolute atomic E-state index is 0.103. The molecule has 0 unspecified atom stereocenters. The van der Waals surface area contributed by atoms with Gasteiger partial charge in [-0.1, -0.05) is 17.7 Å². The lowest BCUT2D eigenvalue weighted by Crippen LogP contribution is -2.50. The summed E-state index contributed by atoms with van der Waals surface area (Å²) in [6.07, 6.45) is 4.95. The molecule has 2 saturated carbocycles. The van der Waals surface area contributed by atoms with Gasteiger partial charge in [-0.2, -0.15) is 8.78 Å². The van der Waals surface area contributed by atoms with Crippen LogP contribution in [0, 0.1) is 17.2 Å².